The van der Waals surface area contributed by atoms with Crippen LogP contribution in [0.1, 0.15) is 22.3 Å². The SMILES string of the molecule is Nc1ccc(Cl)cc1C(=O)C(F)(F)F.O=C1Nc2ccc(Cl)cc2C(CCNS(=O)(=O)c2ccccc2)(C(F)(F)F)O1. The normalized spacial score (nSPS) is 16.8. The van der Waals surface area contributed by atoms with E-state index in [-0.39, 0.29) is 26.3 Å². The molecule has 8 nitrogen and oxygen atoms in total. The van der Waals surface area contributed by atoms with Gasteiger partial charge in [0.25, 0.3) is 5.78 Å². The van der Waals surface area contributed by atoms with Gasteiger partial charge in [0.05, 0.1) is 16.1 Å². The molecule has 226 valence electrons. The van der Waals surface area contributed by atoms with Crippen LogP contribution in [0, 0.1) is 0 Å². The topological polar surface area (TPSA) is 128 Å². The number of hydrogen-bond acceptors (Lipinski definition) is 6. The fraction of sp³-hybridized carbons (Fsp3) is 0.200. The summed E-state index contributed by atoms with van der Waals surface area (Å²) in [5.74, 6) is -1.99. The number of Topliss-reactive ketones (excluding diaryl/α,β-unsaturated/α-hetero) is 1. The van der Waals surface area contributed by atoms with Crippen LogP contribution in [0.15, 0.2) is 71.6 Å². The van der Waals surface area contributed by atoms with E-state index in [1.807, 2.05) is 0 Å². The summed E-state index contributed by atoms with van der Waals surface area (Å²) < 4.78 is 109. The van der Waals surface area contributed by atoms with Crippen LogP contribution in [0.2, 0.25) is 10.0 Å². The summed E-state index contributed by atoms with van der Waals surface area (Å²) in [7, 11) is -4.03. The average Bonchev–Trinajstić information content (AvgIpc) is 2.89. The van der Waals surface area contributed by atoms with Crippen LogP contribution in [0.4, 0.5) is 42.5 Å². The van der Waals surface area contributed by atoms with Crippen molar-refractivity contribution in [2.24, 2.45) is 0 Å². The number of hydrogen-bond donors (Lipinski definition) is 3. The molecule has 4 N–H and O–H groups in total. The van der Waals surface area contributed by atoms with E-state index in [2.05, 4.69) is 14.8 Å². The van der Waals surface area contributed by atoms with Gasteiger partial charge in [-0.1, -0.05) is 41.4 Å². The molecule has 0 saturated heterocycles. The first-order chi connectivity index (χ1) is 19.4. The Bertz CT molecular complexity index is 1590. The van der Waals surface area contributed by atoms with E-state index in [0.29, 0.717) is 0 Å². The monoisotopic (exact) mass is 657 g/mol. The third-order valence-corrected chi connectivity index (χ3v) is 7.67. The Kier molecular flexibility index (Phi) is 9.71. The van der Waals surface area contributed by atoms with Crippen molar-refractivity contribution in [3.8, 4) is 0 Å². The summed E-state index contributed by atoms with van der Waals surface area (Å²) >= 11 is 11.3. The first-order valence-electron chi connectivity index (χ1n) is 11.5. The fourth-order valence-electron chi connectivity index (χ4n) is 3.77. The standard InChI is InChI=1S/C17H14ClF3N2O4S.C8H5ClF3NO/c18-11-6-7-14-13(10-11)16(17(19,20)21,27-15(24)23-14)8-9-22-28(25,26)12-4-2-1-3-5-12;9-4-1-2-6(13)5(3-4)7(14)8(10,11)12/h1-7,10,22H,8-9H2,(H,23,24);1-3H,13H2. The lowest BCUT2D eigenvalue weighted by Gasteiger charge is -2.39. The minimum atomic E-state index is -5.01. The number of carbonyl (C=O) groups excluding carboxylic acids is 2. The maximum absolute atomic E-state index is 14.0. The Balaban J connectivity index is 0.000000291. The number of alkyl halides is 6. The zero-order valence-electron chi connectivity index (χ0n) is 20.8. The zero-order chi connectivity index (χ0) is 31.5. The first kappa shape index (κ1) is 33.0. The smallest absolute Gasteiger partial charge is 0.428 e. The Labute approximate surface area is 244 Å². The van der Waals surface area contributed by atoms with Gasteiger partial charge in [-0.15, -0.1) is 0 Å². The molecule has 0 aromatic heterocycles. The molecular formula is C25H19Cl2F6N3O5S. The van der Waals surface area contributed by atoms with Gasteiger partial charge in [-0.25, -0.2) is 17.9 Å². The molecule has 1 amide bonds. The highest BCUT2D eigenvalue weighted by atomic mass is 35.5. The number of nitrogens with one attached hydrogen (secondary N) is 2. The van der Waals surface area contributed by atoms with Gasteiger partial charge < -0.3 is 10.5 Å². The van der Waals surface area contributed by atoms with Gasteiger partial charge in [0.15, 0.2) is 0 Å². The highest BCUT2D eigenvalue weighted by molar-refractivity contribution is 7.89. The first-order valence-corrected chi connectivity index (χ1v) is 13.7. The molecule has 4 rings (SSSR count). The summed E-state index contributed by atoms with van der Waals surface area (Å²) in [6.45, 7) is -0.629. The lowest BCUT2D eigenvalue weighted by molar-refractivity contribution is -0.266. The van der Waals surface area contributed by atoms with E-state index in [9.17, 15) is 44.3 Å². The molecule has 0 fully saturated rings. The molecule has 0 bridgehead atoms. The molecule has 42 heavy (non-hydrogen) atoms. The largest absolute Gasteiger partial charge is 0.454 e. The Hall–Kier alpha value is -3.53. The van der Waals surface area contributed by atoms with Gasteiger partial charge in [0.2, 0.25) is 15.6 Å². The summed E-state index contributed by atoms with van der Waals surface area (Å²) in [6.07, 6.45) is -12.1. The van der Waals surface area contributed by atoms with Crippen molar-refractivity contribution in [1.82, 2.24) is 4.72 Å². The molecule has 3 aromatic carbocycles. The van der Waals surface area contributed by atoms with E-state index in [1.54, 1.807) is 6.07 Å². The van der Waals surface area contributed by atoms with E-state index in [0.717, 1.165) is 18.2 Å². The highest BCUT2D eigenvalue weighted by Crippen LogP contribution is 2.50. The minimum absolute atomic E-state index is 0.0111. The Morgan fingerprint density at radius 3 is 2.14 bits per heavy atom. The second kappa shape index (κ2) is 12.4. The number of ether oxygens (including phenoxy) is 1. The number of amides is 1. The number of rotatable bonds is 6. The average molecular weight is 658 g/mol. The molecule has 1 aliphatic rings. The quantitative estimate of drug-likeness (QED) is 0.154. The van der Waals surface area contributed by atoms with Crippen LogP contribution < -0.4 is 15.8 Å². The lowest BCUT2D eigenvalue weighted by Crippen LogP contribution is -2.51. The number of anilines is 2. The number of ketones is 1. The van der Waals surface area contributed by atoms with Crippen LogP contribution >= 0.6 is 23.2 Å². The Morgan fingerprint density at radius 2 is 1.55 bits per heavy atom. The number of carbonyl (C=O) groups is 2. The van der Waals surface area contributed by atoms with Crippen molar-refractivity contribution >= 4 is 56.5 Å². The van der Waals surface area contributed by atoms with Crippen LogP contribution in [-0.4, -0.2) is 39.2 Å². The summed E-state index contributed by atoms with van der Waals surface area (Å²) in [5, 5.41) is 2.23. The number of benzene rings is 3. The minimum Gasteiger partial charge on any atom is -0.428 e. The van der Waals surface area contributed by atoms with E-state index < -0.39 is 63.9 Å². The van der Waals surface area contributed by atoms with E-state index in [1.165, 1.54) is 42.5 Å². The van der Waals surface area contributed by atoms with Crippen LogP contribution in [0.25, 0.3) is 0 Å². The second-order valence-corrected chi connectivity index (χ2v) is 11.2. The molecule has 3 aromatic rings. The van der Waals surface area contributed by atoms with Crippen LogP contribution in [0.3, 0.4) is 0 Å². The molecule has 0 spiro atoms. The summed E-state index contributed by atoms with van der Waals surface area (Å²) in [5.41, 5.74) is 0.796. The molecular weight excluding hydrogens is 639 g/mol. The molecule has 17 heteroatoms. The zero-order valence-corrected chi connectivity index (χ0v) is 23.1. The second-order valence-electron chi connectivity index (χ2n) is 8.55. The predicted octanol–water partition coefficient (Wildman–Crippen LogP) is 6.70. The van der Waals surface area contributed by atoms with Crippen LogP contribution in [0.5, 0.6) is 0 Å². The van der Waals surface area contributed by atoms with Gasteiger partial charge in [-0.2, -0.15) is 26.3 Å². The maximum atomic E-state index is 14.0. The van der Waals surface area contributed by atoms with Crippen molar-refractivity contribution in [3.63, 3.8) is 0 Å². The summed E-state index contributed by atoms with van der Waals surface area (Å²) in [4.78, 5) is 22.4. The van der Waals surface area contributed by atoms with Crippen molar-refractivity contribution in [3.05, 3.63) is 87.9 Å². The van der Waals surface area contributed by atoms with Gasteiger partial charge in [-0.3, -0.25) is 10.1 Å². The van der Waals surface area contributed by atoms with Gasteiger partial charge in [0.1, 0.15) is 0 Å². The molecule has 1 atom stereocenters. The maximum Gasteiger partial charge on any atom is 0.454 e. The molecule has 0 aliphatic carbocycles. The lowest BCUT2D eigenvalue weighted by atomic mass is 9.87. The predicted molar refractivity (Wildman–Crippen MR) is 142 cm³/mol. The number of nitrogens with two attached hydrogens (primary N) is 1. The third kappa shape index (κ3) is 7.45. The molecule has 0 saturated carbocycles. The number of nitrogen functional groups attached to an aromatic ring is 1. The molecule has 0 radical (unpaired) electrons. The van der Waals surface area contributed by atoms with Gasteiger partial charge in [0, 0.05) is 34.3 Å². The van der Waals surface area contributed by atoms with Crippen molar-refractivity contribution in [1.29, 1.82) is 0 Å². The molecule has 1 unspecified atom stereocenters. The van der Waals surface area contributed by atoms with Gasteiger partial charge in [-0.05, 0) is 48.5 Å². The number of cyclic esters (lactones) is 1. The molecule has 1 heterocycles. The third-order valence-electron chi connectivity index (χ3n) is 5.72. The van der Waals surface area contributed by atoms with E-state index in [4.69, 9.17) is 28.9 Å². The van der Waals surface area contributed by atoms with Crippen molar-refractivity contribution < 1.29 is 49.1 Å². The number of halogens is 8. The number of sulfonamides is 1. The number of fused-ring (bicyclic) bond motifs is 1. The highest BCUT2D eigenvalue weighted by Gasteiger charge is 2.61. The van der Waals surface area contributed by atoms with Crippen molar-refractivity contribution in [2.45, 2.75) is 29.3 Å². The Morgan fingerprint density at radius 1 is 0.952 bits per heavy atom. The van der Waals surface area contributed by atoms with Crippen LogP contribution in [-0.2, 0) is 20.4 Å². The molecule has 1 aliphatic heterocycles. The fourth-order valence-corrected chi connectivity index (χ4v) is 5.17. The van der Waals surface area contributed by atoms with E-state index >= 15 is 0 Å². The van der Waals surface area contributed by atoms with Gasteiger partial charge >= 0.3 is 18.4 Å². The summed E-state index contributed by atoms with van der Waals surface area (Å²) in [6, 6.07) is 14.1. The van der Waals surface area contributed by atoms with Crippen molar-refractivity contribution in [2.75, 3.05) is 17.6 Å².